The highest BCUT2D eigenvalue weighted by Crippen LogP contribution is 2.46. The lowest BCUT2D eigenvalue weighted by molar-refractivity contribution is 0.0696. The van der Waals surface area contributed by atoms with Gasteiger partial charge in [0.2, 0.25) is 0 Å². The normalized spacial score (nSPS) is 11.5. The minimum absolute atomic E-state index is 0.189. The molecule has 9 rings (SSSR count). The fraction of sp³-hybridized carbons (Fsp3) is 0.449. The van der Waals surface area contributed by atoms with Crippen LogP contribution < -0.4 is 23.8 Å². The summed E-state index contributed by atoms with van der Waals surface area (Å²) in [6.45, 7) is 17.8. The molecule has 3 aromatic heterocycles. The number of aromatic carboxylic acids is 1. The molecule has 11 heteroatoms. The maximum atomic E-state index is 12.1. The maximum Gasteiger partial charge on any atom is 0.335 e. The Kier molecular flexibility index (Phi) is 31.3. The van der Waals surface area contributed by atoms with Gasteiger partial charge in [0.15, 0.2) is 0 Å². The highest BCUT2D eigenvalue weighted by molar-refractivity contribution is 5.99. The van der Waals surface area contributed by atoms with Crippen molar-refractivity contribution < 1.29 is 28.8 Å². The predicted octanol–water partition coefficient (Wildman–Crippen LogP) is 23.9. The summed E-state index contributed by atoms with van der Waals surface area (Å²) < 4.78 is 27.9. The van der Waals surface area contributed by atoms with Crippen molar-refractivity contribution in [1.29, 1.82) is 0 Å². The average molecular weight is 1350 g/mol. The summed E-state index contributed by atoms with van der Waals surface area (Å²) in [7, 11) is 0. The number of aromatic amines is 2. The molecule has 528 valence electrons. The van der Waals surface area contributed by atoms with Gasteiger partial charge in [0.1, 0.15) is 23.0 Å². The topological polar surface area (TPSA) is 135 Å². The minimum Gasteiger partial charge on any atom is -0.493 e. The van der Waals surface area contributed by atoms with Crippen LogP contribution in [0.5, 0.6) is 23.0 Å². The Morgan fingerprint density at radius 3 is 1.03 bits per heavy atom. The standard InChI is InChI=1S/C89H111N5O6/c1-7-13-19-23-27-31-63-97-81-37-35-38-82(98-64-32-28-24-20-14-8-2)87(81)85-77-57-53-73(90-77)71(51-45-67-41-47-69(48-42-67)89(95)96)74-54-58-78(91-74)86(88-83(99-65-33-29-25-21-15-9-3)39-36-40-84(88)100-66-34-30-26-22-16-10-4)80-60-56-76(93-80)72(75-55-59-79(85)92-75)52-46-68-43-49-70(50-44-68)94(61-17-11-5)62-18-12-6/h35-44,47-50,53-60,90,93H,7-34,61-66H2,1-6H3,(H,95,96). The second-order valence-corrected chi connectivity index (χ2v) is 26.8. The van der Waals surface area contributed by atoms with Gasteiger partial charge < -0.3 is 38.9 Å². The summed E-state index contributed by atoms with van der Waals surface area (Å²) >= 11 is 0. The molecule has 8 bridgehead atoms. The molecule has 2 aliphatic rings. The number of anilines is 1. The minimum atomic E-state index is -0.996. The first-order valence-corrected chi connectivity index (χ1v) is 38.4. The van der Waals surface area contributed by atoms with Gasteiger partial charge in [-0.3, -0.25) is 0 Å². The van der Waals surface area contributed by atoms with Crippen LogP contribution in [0.15, 0.2) is 109 Å². The van der Waals surface area contributed by atoms with Crippen LogP contribution in [0.4, 0.5) is 5.69 Å². The third-order valence-electron chi connectivity index (χ3n) is 18.8. The van der Waals surface area contributed by atoms with Gasteiger partial charge >= 0.3 is 5.97 Å². The van der Waals surface area contributed by atoms with E-state index in [0.29, 0.717) is 83.3 Å². The summed E-state index contributed by atoms with van der Waals surface area (Å²) in [5.41, 5.74) is 13.4. The molecule has 0 aliphatic carbocycles. The van der Waals surface area contributed by atoms with E-state index in [4.69, 9.17) is 28.9 Å². The highest BCUT2D eigenvalue weighted by Gasteiger charge is 2.25. The fourth-order valence-electron chi connectivity index (χ4n) is 13.0. The van der Waals surface area contributed by atoms with Crippen molar-refractivity contribution in [3.63, 3.8) is 0 Å². The molecule has 11 nitrogen and oxygen atoms in total. The molecule has 2 aliphatic heterocycles. The van der Waals surface area contributed by atoms with E-state index >= 15 is 0 Å². The fourth-order valence-corrected chi connectivity index (χ4v) is 13.0. The van der Waals surface area contributed by atoms with Gasteiger partial charge in [-0.25, -0.2) is 14.8 Å². The molecule has 7 aromatic rings. The molecule has 0 saturated heterocycles. The first kappa shape index (κ1) is 75.3. The van der Waals surface area contributed by atoms with E-state index in [0.717, 1.165) is 146 Å². The van der Waals surface area contributed by atoms with Crippen LogP contribution in [-0.2, 0) is 0 Å². The second-order valence-electron chi connectivity index (χ2n) is 26.8. The smallest absolute Gasteiger partial charge is 0.335 e. The van der Waals surface area contributed by atoms with E-state index in [-0.39, 0.29) is 5.56 Å². The predicted molar refractivity (Wildman–Crippen MR) is 419 cm³/mol. The summed E-state index contributed by atoms with van der Waals surface area (Å²) in [5.74, 6) is 16.2. The number of H-pyrrole nitrogens is 2. The van der Waals surface area contributed by atoms with E-state index < -0.39 is 5.97 Å². The number of carboxylic acid groups (broad SMARTS) is 1. The van der Waals surface area contributed by atoms with Gasteiger partial charge in [-0.1, -0.05) is 219 Å². The van der Waals surface area contributed by atoms with Gasteiger partial charge in [0.25, 0.3) is 0 Å². The zero-order chi connectivity index (χ0) is 69.9. The number of rotatable bonds is 42. The quantitative estimate of drug-likeness (QED) is 0.0252. The molecule has 0 fully saturated rings. The second kappa shape index (κ2) is 41.6. The molecular formula is C89H111N5O6. The van der Waals surface area contributed by atoms with Gasteiger partial charge in [0, 0.05) is 52.1 Å². The molecule has 0 saturated carbocycles. The van der Waals surface area contributed by atoms with Crippen molar-refractivity contribution in [2.24, 2.45) is 0 Å². The molecule has 3 N–H and O–H groups in total. The van der Waals surface area contributed by atoms with Crippen molar-refractivity contribution in [3.05, 3.63) is 160 Å². The van der Waals surface area contributed by atoms with Gasteiger partial charge in [-0.2, -0.15) is 0 Å². The maximum absolute atomic E-state index is 12.1. The Hall–Kier alpha value is -8.93. The molecule has 0 radical (unpaired) electrons. The summed E-state index contributed by atoms with van der Waals surface area (Å²) in [5, 5.41) is 9.87. The molecule has 0 atom stereocenters. The summed E-state index contributed by atoms with van der Waals surface area (Å²) in [6, 6.07) is 36.2. The van der Waals surface area contributed by atoms with Crippen LogP contribution in [0.2, 0.25) is 0 Å². The zero-order valence-electron chi connectivity index (χ0n) is 61.1. The van der Waals surface area contributed by atoms with E-state index in [2.05, 4.69) is 171 Å². The largest absolute Gasteiger partial charge is 0.493 e. The number of hydrogen-bond donors (Lipinski definition) is 3. The van der Waals surface area contributed by atoms with Crippen LogP contribution in [0.25, 0.3) is 68.6 Å². The lowest BCUT2D eigenvalue weighted by atomic mass is 10.0. The number of fused-ring (bicyclic) bond motifs is 8. The lowest BCUT2D eigenvalue weighted by Gasteiger charge is -2.24. The van der Waals surface area contributed by atoms with Crippen LogP contribution >= 0.6 is 0 Å². The number of benzene rings is 4. The number of hydrogen-bond acceptors (Lipinski definition) is 8. The van der Waals surface area contributed by atoms with E-state index in [9.17, 15) is 9.90 Å². The Labute approximate surface area is 598 Å². The third-order valence-corrected chi connectivity index (χ3v) is 18.8. The molecule has 0 spiro atoms. The number of aromatic nitrogens is 4. The summed E-state index contributed by atoms with van der Waals surface area (Å²) in [4.78, 5) is 33.8. The Morgan fingerprint density at radius 1 is 0.360 bits per heavy atom. The lowest BCUT2D eigenvalue weighted by Crippen LogP contribution is -2.25. The number of nitrogens with zero attached hydrogens (tertiary/aromatic N) is 3. The third kappa shape index (κ3) is 22.0. The van der Waals surface area contributed by atoms with Crippen molar-refractivity contribution >= 4 is 58.0 Å². The molecule has 4 aromatic carbocycles. The SMILES string of the molecule is CCCCCCCCOc1cccc(OCCCCCCCC)c1-c1c2nc(c(C#Cc3ccc(N(CCCC)CCCC)cc3)c3ccc([nH]3)c(-c3c(OCCCCCCCC)cccc3OCCCCCCCC)c3nc(c(C#Cc4ccc(C(=O)O)cc4)c4ccc1[nH]4)C=C3)C=C2. The molecular weight excluding hydrogens is 1240 g/mol. The van der Waals surface area contributed by atoms with Crippen LogP contribution in [-0.4, -0.2) is 70.5 Å². The number of nitrogens with one attached hydrogen (secondary N) is 2. The van der Waals surface area contributed by atoms with Crippen LogP contribution in [0.3, 0.4) is 0 Å². The monoisotopic (exact) mass is 1350 g/mol. The average Bonchev–Trinajstić information content (AvgIpc) is 1.61. The van der Waals surface area contributed by atoms with Crippen molar-refractivity contribution in [2.45, 2.75) is 221 Å². The Bertz CT molecular complexity index is 3910. The zero-order valence-corrected chi connectivity index (χ0v) is 61.1. The molecule has 5 heterocycles. The van der Waals surface area contributed by atoms with Gasteiger partial charge in [-0.15, -0.1) is 0 Å². The van der Waals surface area contributed by atoms with E-state index in [1.54, 1.807) is 24.3 Å². The number of carbonyl (C=O) groups is 1. The van der Waals surface area contributed by atoms with E-state index in [1.165, 1.54) is 108 Å². The van der Waals surface area contributed by atoms with Gasteiger partial charge in [-0.05, 0) is 160 Å². The highest BCUT2D eigenvalue weighted by atomic mass is 16.5. The summed E-state index contributed by atoms with van der Waals surface area (Å²) in [6.07, 6.45) is 40.2. The Morgan fingerprint density at radius 2 is 0.680 bits per heavy atom. The van der Waals surface area contributed by atoms with E-state index in [1.807, 2.05) is 18.2 Å². The van der Waals surface area contributed by atoms with Crippen molar-refractivity contribution in [2.75, 3.05) is 44.4 Å². The Balaban J connectivity index is 1.33. The van der Waals surface area contributed by atoms with Gasteiger partial charge in [0.05, 0.1) is 88.1 Å². The van der Waals surface area contributed by atoms with Crippen LogP contribution in [0.1, 0.15) is 277 Å². The number of unbranched alkanes of at least 4 members (excludes halogenated alkanes) is 22. The molecule has 100 heavy (non-hydrogen) atoms. The first-order chi connectivity index (χ1) is 49.2. The number of carboxylic acids is 1. The molecule has 0 unspecified atom stereocenters. The van der Waals surface area contributed by atoms with Crippen LogP contribution in [0, 0.1) is 23.7 Å². The first-order valence-electron chi connectivity index (χ1n) is 38.4. The molecule has 0 amide bonds. The van der Waals surface area contributed by atoms with Crippen molar-refractivity contribution in [1.82, 2.24) is 19.9 Å². The van der Waals surface area contributed by atoms with Crippen molar-refractivity contribution in [3.8, 4) is 68.9 Å². The number of ether oxygens (including phenoxy) is 4.